The minimum atomic E-state index is -0.919. The van der Waals surface area contributed by atoms with Crippen molar-refractivity contribution < 1.29 is 18.7 Å². The van der Waals surface area contributed by atoms with E-state index in [4.69, 9.17) is 14.3 Å². The van der Waals surface area contributed by atoms with Gasteiger partial charge in [0.05, 0.1) is 24.8 Å². The summed E-state index contributed by atoms with van der Waals surface area (Å²) < 4.78 is 26.7. The Morgan fingerprint density at radius 3 is 2.71 bits per heavy atom. The molecule has 5 rings (SSSR count). The number of imidazole rings is 1. The summed E-state index contributed by atoms with van der Waals surface area (Å²) >= 11 is 0. The van der Waals surface area contributed by atoms with Gasteiger partial charge in [0.15, 0.2) is 5.84 Å². The van der Waals surface area contributed by atoms with Crippen LogP contribution in [0.1, 0.15) is 29.7 Å². The number of hydrogen-bond acceptors (Lipinski definition) is 6. The van der Waals surface area contributed by atoms with Crippen LogP contribution in [-0.4, -0.2) is 47.7 Å². The fourth-order valence-corrected chi connectivity index (χ4v) is 4.64. The number of ether oxygens (including phenoxy) is 2. The maximum absolute atomic E-state index is 13.6. The highest BCUT2D eigenvalue weighted by Gasteiger charge is 2.49. The minimum Gasteiger partial charge on any atom is -0.495 e. The summed E-state index contributed by atoms with van der Waals surface area (Å²) in [6.45, 7) is 2.99. The van der Waals surface area contributed by atoms with Gasteiger partial charge in [-0.2, -0.15) is 0 Å². The molecule has 1 aromatic heterocycles. The van der Waals surface area contributed by atoms with Gasteiger partial charge in [-0.15, -0.1) is 0 Å². The van der Waals surface area contributed by atoms with E-state index in [1.165, 1.54) is 12.1 Å². The first-order valence-corrected chi connectivity index (χ1v) is 11.2. The summed E-state index contributed by atoms with van der Waals surface area (Å²) in [5.41, 5.74) is 3.82. The average Bonchev–Trinajstić information content (AvgIpc) is 3.45. The van der Waals surface area contributed by atoms with Crippen LogP contribution in [0.25, 0.3) is 11.8 Å². The molecule has 0 amide bonds. The quantitative estimate of drug-likeness (QED) is 0.534. The van der Waals surface area contributed by atoms with Crippen LogP contribution in [0.4, 0.5) is 4.39 Å². The maximum atomic E-state index is 13.6. The van der Waals surface area contributed by atoms with Gasteiger partial charge in [-0.25, -0.2) is 9.37 Å². The second-order valence-corrected chi connectivity index (χ2v) is 8.51. The minimum absolute atomic E-state index is 0.270. The molecule has 1 atom stereocenters. The Morgan fingerprint density at radius 1 is 1.18 bits per heavy atom. The Balaban J connectivity index is 1.48. The van der Waals surface area contributed by atoms with E-state index in [9.17, 15) is 4.39 Å². The van der Waals surface area contributed by atoms with E-state index < -0.39 is 5.72 Å². The Morgan fingerprint density at radius 2 is 2.00 bits per heavy atom. The molecule has 0 spiro atoms. The first-order valence-electron chi connectivity index (χ1n) is 11.2. The number of rotatable bonds is 6. The molecule has 176 valence electrons. The van der Waals surface area contributed by atoms with Crippen LogP contribution in [-0.2, 0) is 15.3 Å². The molecule has 0 unspecified atom stereocenters. The normalized spacial score (nSPS) is 20.8. The molecule has 1 saturated heterocycles. The van der Waals surface area contributed by atoms with Gasteiger partial charge < -0.3 is 23.8 Å². The first-order chi connectivity index (χ1) is 16.5. The van der Waals surface area contributed by atoms with Crippen molar-refractivity contribution in [2.45, 2.75) is 25.5 Å². The molecular weight excluding hydrogens is 435 g/mol. The molecule has 0 radical (unpaired) electrons. The number of aromatic nitrogens is 2. The van der Waals surface area contributed by atoms with E-state index in [0.29, 0.717) is 0 Å². The van der Waals surface area contributed by atoms with E-state index in [-0.39, 0.29) is 12.4 Å². The highest BCUT2D eigenvalue weighted by atomic mass is 19.1. The summed E-state index contributed by atoms with van der Waals surface area (Å²) in [4.78, 5) is 12.5. The van der Waals surface area contributed by atoms with Crippen molar-refractivity contribution in [3.8, 4) is 11.4 Å². The standard InChI is InChI=1S/C26H27FN4O3/c1-18-15-30(17-28-18)23-11-6-19(14-24(23)33-3)13-20-5-4-12-31-25(20)29-34-26(31,16-32-2)21-7-9-22(27)10-8-21/h6-11,13-15,17H,4-5,12,16H2,1-3H3/b20-13+/t26-/m0/s1. The third-order valence-corrected chi connectivity index (χ3v) is 6.26. The van der Waals surface area contributed by atoms with Gasteiger partial charge in [0.25, 0.3) is 5.72 Å². The van der Waals surface area contributed by atoms with Crippen molar-refractivity contribution in [3.63, 3.8) is 0 Å². The number of amidine groups is 1. The van der Waals surface area contributed by atoms with Crippen molar-refractivity contribution in [3.05, 3.63) is 83.2 Å². The summed E-state index contributed by atoms with van der Waals surface area (Å²) in [5, 5.41) is 4.47. The van der Waals surface area contributed by atoms with Crippen LogP contribution >= 0.6 is 0 Å². The molecule has 1 fully saturated rings. The second kappa shape index (κ2) is 8.95. The van der Waals surface area contributed by atoms with Crippen LogP contribution in [0.15, 0.2) is 65.7 Å². The first kappa shape index (κ1) is 22.2. The Hall–Kier alpha value is -3.65. The highest BCUT2D eigenvalue weighted by molar-refractivity contribution is 6.03. The van der Waals surface area contributed by atoms with E-state index in [1.54, 1.807) is 32.7 Å². The van der Waals surface area contributed by atoms with Crippen molar-refractivity contribution in [2.24, 2.45) is 5.16 Å². The van der Waals surface area contributed by atoms with Crippen molar-refractivity contribution >= 4 is 11.9 Å². The third-order valence-electron chi connectivity index (χ3n) is 6.26. The monoisotopic (exact) mass is 462 g/mol. The summed E-state index contributed by atoms with van der Waals surface area (Å²) in [7, 11) is 3.29. The molecule has 0 saturated carbocycles. The topological polar surface area (TPSA) is 61.1 Å². The Bertz CT molecular complexity index is 1250. The lowest BCUT2D eigenvalue weighted by molar-refractivity contribution is -0.145. The molecular formula is C26H27FN4O3. The van der Waals surface area contributed by atoms with E-state index >= 15 is 0 Å². The van der Waals surface area contributed by atoms with Crippen molar-refractivity contribution in [2.75, 3.05) is 27.4 Å². The molecule has 0 aliphatic carbocycles. The number of oxime groups is 1. The van der Waals surface area contributed by atoms with Gasteiger partial charge in [-0.3, -0.25) is 0 Å². The lowest BCUT2D eigenvalue weighted by atomic mass is 9.94. The number of nitrogens with zero attached hydrogens (tertiary/aromatic N) is 4. The molecule has 3 heterocycles. The Labute approximate surface area is 198 Å². The van der Waals surface area contributed by atoms with E-state index in [2.05, 4.69) is 27.2 Å². The molecule has 2 aromatic carbocycles. The fourth-order valence-electron chi connectivity index (χ4n) is 4.64. The van der Waals surface area contributed by atoms with Gasteiger partial charge in [0.2, 0.25) is 0 Å². The number of piperidine rings is 1. The smallest absolute Gasteiger partial charge is 0.260 e. The number of aryl methyl sites for hydroxylation is 1. The number of fused-ring (bicyclic) bond motifs is 1. The molecule has 34 heavy (non-hydrogen) atoms. The zero-order valence-electron chi connectivity index (χ0n) is 19.5. The average molecular weight is 463 g/mol. The van der Waals surface area contributed by atoms with Crippen molar-refractivity contribution in [1.29, 1.82) is 0 Å². The number of benzene rings is 2. The van der Waals surface area contributed by atoms with E-state index in [0.717, 1.165) is 59.1 Å². The molecule has 3 aromatic rings. The van der Waals surface area contributed by atoms with Crippen LogP contribution < -0.4 is 4.74 Å². The SMILES string of the molecule is COC[C@@]1(c2ccc(F)cc2)ON=C2/C(=C/c3ccc(-n4cnc(C)c4)c(OC)c3)CCCN21. The van der Waals surface area contributed by atoms with Crippen LogP contribution in [0.5, 0.6) is 5.75 Å². The third kappa shape index (κ3) is 3.84. The van der Waals surface area contributed by atoms with Gasteiger partial charge in [0, 0.05) is 25.4 Å². The molecule has 2 aliphatic rings. The summed E-state index contributed by atoms with van der Waals surface area (Å²) in [6, 6.07) is 12.4. The lowest BCUT2D eigenvalue weighted by Gasteiger charge is -2.39. The van der Waals surface area contributed by atoms with E-state index in [1.807, 2.05) is 29.8 Å². The van der Waals surface area contributed by atoms with Gasteiger partial charge in [-0.1, -0.05) is 11.2 Å². The highest BCUT2D eigenvalue weighted by Crippen LogP contribution is 2.41. The number of methoxy groups -OCH3 is 2. The van der Waals surface area contributed by atoms with Gasteiger partial charge >= 0.3 is 0 Å². The Kier molecular flexibility index (Phi) is 5.83. The van der Waals surface area contributed by atoms with Crippen LogP contribution in [0.2, 0.25) is 0 Å². The number of hydrogen-bond donors (Lipinski definition) is 0. The summed E-state index contributed by atoms with van der Waals surface area (Å²) in [5.74, 6) is 1.24. The molecule has 8 heteroatoms. The number of halogens is 1. The zero-order valence-corrected chi connectivity index (χ0v) is 19.5. The predicted octanol–water partition coefficient (Wildman–Crippen LogP) is 4.65. The summed E-state index contributed by atoms with van der Waals surface area (Å²) in [6.07, 6.45) is 7.66. The predicted molar refractivity (Wildman–Crippen MR) is 127 cm³/mol. The molecule has 2 aliphatic heterocycles. The van der Waals surface area contributed by atoms with Crippen LogP contribution in [0.3, 0.4) is 0 Å². The zero-order chi connectivity index (χ0) is 23.7. The van der Waals surface area contributed by atoms with Gasteiger partial charge in [-0.05, 0) is 73.4 Å². The van der Waals surface area contributed by atoms with Crippen molar-refractivity contribution in [1.82, 2.24) is 14.5 Å². The maximum Gasteiger partial charge on any atom is 0.260 e. The largest absolute Gasteiger partial charge is 0.495 e. The fraction of sp³-hybridized carbons (Fsp3) is 0.308. The van der Waals surface area contributed by atoms with Gasteiger partial charge in [0.1, 0.15) is 18.2 Å². The molecule has 7 nitrogen and oxygen atoms in total. The molecule has 0 N–H and O–H groups in total. The second-order valence-electron chi connectivity index (χ2n) is 8.51. The molecule has 0 bridgehead atoms. The lowest BCUT2D eigenvalue weighted by Crippen LogP contribution is -2.51. The van der Waals surface area contributed by atoms with Crippen LogP contribution in [0, 0.1) is 12.7 Å².